The Labute approximate surface area is 116 Å². The molecule has 1 aliphatic rings. The molecule has 0 radical (unpaired) electrons. The van der Waals surface area contributed by atoms with E-state index in [0.29, 0.717) is 5.75 Å². The monoisotopic (exact) mass is 272 g/mol. The Bertz CT molecular complexity index is 690. The van der Waals surface area contributed by atoms with Crippen LogP contribution in [-0.4, -0.2) is 30.5 Å². The van der Waals surface area contributed by atoms with Crippen LogP contribution in [0.1, 0.15) is 17.2 Å². The number of fused-ring (bicyclic) bond motifs is 3. The maximum Gasteiger partial charge on any atom is 0.130 e. The lowest BCUT2D eigenvalue weighted by molar-refractivity contribution is 0.0151. The lowest BCUT2D eigenvalue weighted by atomic mass is 9.88. The molecule has 1 aliphatic carbocycles. The second-order valence-corrected chi connectivity index (χ2v) is 4.82. The molecule has 0 spiro atoms. The van der Waals surface area contributed by atoms with Crippen LogP contribution in [0.25, 0.3) is 16.8 Å². The van der Waals surface area contributed by atoms with Gasteiger partial charge in [-0.15, -0.1) is 0 Å². The largest absolute Gasteiger partial charge is 0.508 e. The number of methoxy groups -OCH3 is 2. The normalized spacial score (nSPS) is 20.9. The van der Waals surface area contributed by atoms with Crippen molar-refractivity contribution in [3.8, 4) is 11.5 Å². The Kier molecular flexibility index (Phi) is 3.12. The molecule has 2 N–H and O–H groups in total. The van der Waals surface area contributed by atoms with Crippen LogP contribution >= 0.6 is 0 Å². The standard InChI is InChI=1S/C16H16O4/c1-19-13-6-5-11-12(16(13)18)4-3-9-7-10(17)8-14(20-2)15(9)11/h3-8,13,16-18H,1-2H3. The average Bonchev–Trinajstić information content (AvgIpc) is 2.46. The third kappa shape index (κ3) is 1.85. The molecule has 0 saturated carbocycles. The van der Waals surface area contributed by atoms with Crippen LogP contribution in [0.4, 0.5) is 0 Å². The lowest BCUT2D eigenvalue weighted by Crippen LogP contribution is -2.21. The zero-order chi connectivity index (χ0) is 14.3. The summed E-state index contributed by atoms with van der Waals surface area (Å²) in [5, 5.41) is 21.8. The number of phenolic OH excluding ortho intramolecular Hbond substituents is 1. The highest BCUT2D eigenvalue weighted by Crippen LogP contribution is 2.40. The van der Waals surface area contributed by atoms with Crippen molar-refractivity contribution in [2.75, 3.05) is 14.2 Å². The number of aliphatic hydroxyl groups is 1. The Morgan fingerprint density at radius 3 is 2.65 bits per heavy atom. The molecule has 0 aliphatic heterocycles. The van der Waals surface area contributed by atoms with Gasteiger partial charge in [0.15, 0.2) is 0 Å². The summed E-state index contributed by atoms with van der Waals surface area (Å²) in [5.41, 5.74) is 1.70. The van der Waals surface area contributed by atoms with E-state index in [0.717, 1.165) is 21.9 Å². The number of phenols is 1. The summed E-state index contributed by atoms with van der Waals surface area (Å²) in [5.74, 6) is 0.744. The van der Waals surface area contributed by atoms with Crippen molar-refractivity contribution in [3.05, 3.63) is 41.5 Å². The number of rotatable bonds is 2. The molecular weight excluding hydrogens is 256 g/mol. The van der Waals surface area contributed by atoms with Crippen LogP contribution in [-0.2, 0) is 4.74 Å². The maximum atomic E-state index is 10.3. The van der Waals surface area contributed by atoms with Crippen LogP contribution in [0.3, 0.4) is 0 Å². The Balaban J connectivity index is 2.31. The second-order valence-electron chi connectivity index (χ2n) is 4.82. The van der Waals surface area contributed by atoms with Gasteiger partial charge in [0.2, 0.25) is 0 Å². The topological polar surface area (TPSA) is 58.9 Å². The molecule has 0 fully saturated rings. The van der Waals surface area contributed by atoms with E-state index in [1.54, 1.807) is 26.4 Å². The highest BCUT2D eigenvalue weighted by molar-refractivity contribution is 5.98. The minimum absolute atomic E-state index is 0.157. The van der Waals surface area contributed by atoms with E-state index in [9.17, 15) is 10.2 Å². The van der Waals surface area contributed by atoms with Gasteiger partial charge in [0.25, 0.3) is 0 Å². The number of ether oxygens (including phenoxy) is 2. The molecule has 104 valence electrons. The number of hydrogen-bond donors (Lipinski definition) is 2. The molecule has 2 atom stereocenters. The molecule has 3 rings (SSSR count). The van der Waals surface area contributed by atoms with Crippen LogP contribution in [0.2, 0.25) is 0 Å². The van der Waals surface area contributed by atoms with E-state index in [4.69, 9.17) is 9.47 Å². The molecule has 20 heavy (non-hydrogen) atoms. The minimum Gasteiger partial charge on any atom is -0.508 e. The van der Waals surface area contributed by atoms with Crippen molar-refractivity contribution in [1.82, 2.24) is 0 Å². The van der Waals surface area contributed by atoms with Gasteiger partial charge in [-0.25, -0.2) is 0 Å². The van der Waals surface area contributed by atoms with Gasteiger partial charge < -0.3 is 19.7 Å². The van der Waals surface area contributed by atoms with Crippen LogP contribution < -0.4 is 4.74 Å². The molecule has 0 saturated heterocycles. The Hall–Kier alpha value is -2.04. The van der Waals surface area contributed by atoms with Gasteiger partial charge in [-0.2, -0.15) is 0 Å². The van der Waals surface area contributed by atoms with E-state index >= 15 is 0 Å². The average molecular weight is 272 g/mol. The molecule has 2 unspecified atom stereocenters. The molecule has 0 heterocycles. The van der Waals surface area contributed by atoms with Crippen LogP contribution in [0, 0.1) is 0 Å². The van der Waals surface area contributed by atoms with Gasteiger partial charge in [0.1, 0.15) is 23.7 Å². The first-order valence-corrected chi connectivity index (χ1v) is 6.38. The van der Waals surface area contributed by atoms with Crippen molar-refractivity contribution in [3.63, 3.8) is 0 Å². The number of aromatic hydroxyl groups is 1. The van der Waals surface area contributed by atoms with Gasteiger partial charge in [-0.3, -0.25) is 0 Å². The maximum absolute atomic E-state index is 10.3. The quantitative estimate of drug-likeness (QED) is 0.882. The Morgan fingerprint density at radius 1 is 1.15 bits per heavy atom. The van der Waals surface area contributed by atoms with Gasteiger partial charge in [0.05, 0.1) is 7.11 Å². The van der Waals surface area contributed by atoms with Gasteiger partial charge in [-0.1, -0.05) is 24.3 Å². The summed E-state index contributed by atoms with van der Waals surface area (Å²) in [6, 6.07) is 6.98. The fraction of sp³-hybridized carbons (Fsp3) is 0.250. The third-order valence-corrected chi connectivity index (χ3v) is 3.71. The molecule has 0 bridgehead atoms. The van der Waals surface area contributed by atoms with Gasteiger partial charge >= 0.3 is 0 Å². The first kappa shape index (κ1) is 13.0. The predicted octanol–water partition coefficient (Wildman–Crippen LogP) is 2.63. The highest BCUT2D eigenvalue weighted by Gasteiger charge is 2.26. The molecule has 0 amide bonds. The third-order valence-electron chi connectivity index (χ3n) is 3.71. The van der Waals surface area contributed by atoms with Gasteiger partial charge in [-0.05, 0) is 22.6 Å². The molecule has 0 aromatic heterocycles. The summed E-state index contributed by atoms with van der Waals surface area (Å²) in [6.07, 6.45) is 2.71. The summed E-state index contributed by atoms with van der Waals surface area (Å²) in [6.45, 7) is 0. The first-order valence-electron chi connectivity index (χ1n) is 6.38. The first-order chi connectivity index (χ1) is 9.65. The van der Waals surface area contributed by atoms with E-state index in [1.807, 2.05) is 24.3 Å². The summed E-state index contributed by atoms with van der Waals surface area (Å²) in [7, 11) is 3.14. The minimum atomic E-state index is -0.706. The van der Waals surface area contributed by atoms with Crippen molar-refractivity contribution >= 4 is 16.8 Å². The van der Waals surface area contributed by atoms with Crippen molar-refractivity contribution in [2.45, 2.75) is 12.2 Å². The van der Waals surface area contributed by atoms with E-state index in [-0.39, 0.29) is 11.9 Å². The summed E-state index contributed by atoms with van der Waals surface area (Å²) in [4.78, 5) is 0. The zero-order valence-corrected chi connectivity index (χ0v) is 11.3. The van der Waals surface area contributed by atoms with E-state index < -0.39 is 6.10 Å². The van der Waals surface area contributed by atoms with Crippen molar-refractivity contribution in [2.24, 2.45) is 0 Å². The van der Waals surface area contributed by atoms with E-state index in [1.165, 1.54) is 0 Å². The van der Waals surface area contributed by atoms with Gasteiger partial charge in [0, 0.05) is 18.6 Å². The molecular formula is C16H16O4. The number of aliphatic hydroxyl groups excluding tert-OH is 1. The predicted molar refractivity (Wildman–Crippen MR) is 77.0 cm³/mol. The summed E-state index contributed by atoms with van der Waals surface area (Å²) >= 11 is 0. The Morgan fingerprint density at radius 2 is 1.95 bits per heavy atom. The van der Waals surface area contributed by atoms with Crippen molar-refractivity contribution < 1.29 is 19.7 Å². The fourth-order valence-corrected chi connectivity index (χ4v) is 2.73. The molecule has 2 aromatic rings. The van der Waals surface area contributed by atoms with Crippen LogP contribution in [0.15, 0.2) is 30.3 Å². The second kappa shape index (κ2) is 4.81. The zero-order valence-electron chi connectivity index (χ0n) is 11.3. The smallest absolute Gasteiger partial charge is 0.130 e. The number of hydrogen-bond acceptors (Lipinski definition) is 4. The molecule has 4 nitrogen and oxygen atoms in total. The summed E-state index contributed by atoms with van der Waals surface area (Å²) < 4.78 is 10.6. The van der Waals surface area contributed by atoms with Crippen LogP contribution in [0.5, 0.6) is 11.5 Å². The lowest BCUT2D eigenvalue weighted by Gasteiger charge is -2.26. The fourth-order valence-electron chi connectivity index (χ4n) is 2.73. The van der Waals surface area contributed by atoms with E-state index in [2.05, 4.69) is 0 Å². The molecule has 4 heteroatoms. The van der Waals surface area contributed by atoms with Crippen molar-refractivity contribution in [1.29, 1.82) is 0 Å². The highest BCUT2D eigenvalue weighted by atomic mass is 16.5. The SMILES string of the molecule is COc1cc(O)cc2ccc3c(c12)C=CC(OC)C3O. The number of benzene rings is 2. The molecule has 2 aromatic carbocycles.